The third kappa shape index (κ3) is 5.67. The molecular formula is C29H31FN2O8. The standard InChI is InChI=1S/C29H31FN2O8/c1-27(2,3)38-24(34)31-13-9-10-20(31)21(33)12-11-16-17-14-22(37-26(36)40-28(4,5)6)32-23(17)18(15-19(16)30)29(7,8)39-25(32)35/h9-10,13-15,21,33H,1-8H3. The van der Waals surface area contributed by atoms with E-state index in [0.717, 1.165) is 9.13 Å². The molecule has 0 radical (unpaired) electrons. The highest BCUT2D eigenvalue weighted by atomic mass is 19.1. The highest BCUT2D eigenvalue weighted by Gasteiger charge is 2.39. The maximum atomic E-state index is 15.5. The molecule has 1 aliphatic rings. The number of cyclic esters (lactones) is 1. The lowest BCUT2D eigenvalue weighted by Crippen LogP contribution is -2.34. The minimum Gasteiger partial charge on any atom is -0.443 e. The van der Waals surface area contributed by atoms with Crippen molar-refractivity contribution >= 4 is 29.2 Å². The van der Waals surface area contributed by atoms with Gasteiger partial charge in [0.15, 0.2) is 6.10 Å². The van der Waals surface area contributed by atoms with Crippen molar-refractivity contribution in [3.05, 3.63) is 53.1 Å². The van der Waals surface area contributed by atoms with E-state index < -0.39 is 47.1 Å². The summed E-state index contributed by atoms with van der Waals surface area (Å²) in [5.41, 5.74) is -2.32. The molecule has 1 unspecified atom stereocenters. The molecule has 4 rings (SSSR count). The second-order valence-corrected chi connectivity index (χ2v) is 11.8. The average molecular weight is 555 g/mol. The molecule has 0 saturated heterocycles. The zero-order valence-corrected chi connectivity index (χ0v) is 23.5. The molecule has 0 saturated carbocycles. The van der Waals surface area contributed by atoms with E-state index in [1.165, 1.54) is 30.5 Å². The van der Waals surface area contributed by atoms with E-state index in [-0.39, 0.29) is 28.0 Å². The first-order chi connectivity index (χ1) is 18.4. The van der Waals surface area contributed by atoms with Gasteiger partial charge < -0.3 is 24.1 Å². The van der Waals surface area contributed by atoms with Gasteiger partial charge >= 0.3 is 18.3 Å². The van der Waals surface area contributed by atoms with Crippen molar-refractivity contribution < 1.29 is 42.8 Å². The molecule has 1 N–H and O–H groups in total. The van der Waals surface area contributed by atoms with E-state index in [4.69, 9.17) is 18.9 Å². The third-order valence-electron chi connectivity index (χ3n) is 5.74. The molecule has 0 spiro atoms. The van der Waals surface area contributed by atoms with Crippen LogP contribution in [0.15, 0.2) is 30.5 Å². The molecule has 1 aliphatic heterocycles. The Morgan fingerprint density at radius 1 is 1.10 bits per heavy atom. The molecule has 3 aromatic rings. The van der Waals surface area contributed by atoms with E-state index in [0.29, 0.717) is 5.56 Å². The van der Waals surface area contributed by atoms with Gasteiger partial charge in [-0.2, -0.15) is 0 Å². The summed E-state index contributed by atoms with van der Waals surface area (Å²) in [6.07, 6.45) is -2.70. The van der Waals surface area contributed by atoms with Crippen LogP contribution in [0.5, 0.6) is 5.88 Å². The number of aromatic nitrogens is 2. The highest BCUT2D eigenvalue weighted by Crippen LogP contribution is 2.42. The molecule has 3 heterocycles. The van der Waals surface area contributed by atoms with Crippen molar-refractivity contribution in [2.45, 2.75) is 78.3 Å². The topological polar surface area (TPSA) is 118 Å². The van der Waals surface area contributed by atoms with Crippen LogP contribution in [-0.4, -0.2) is 43.8 Å². The molecular weight excluding hydrogens is 523 g/mol. The summed E-state index contributed by atoms with van der Waals surface area (Å²) in [5.74, 6) is 4.19. The highest BCUT2D eigenvalue weighted by molar-refractivity contribution is 6.00. The molecule has 1 atom stereocenters. The maximum absolute atomic E-state index is 15.5. The minimum absolute atomic E-state index is 0.118. The predicted molar refractivity (Wildman–Crippen MR) is 142 cm³/mol. The van der Waals surface area contributed by atoms with Gasteiger partial charge in [-0.3, -0.25) is 4.57 Å². The summed E-state index contributed by atoms with van der Waals surface area (Å²) in [6, 6.07) is 5.49. The quantitative estimate of drug-likeness (QED) is 0.233. The van der Waals surface area contributed by atoms with Crippen LogP contribution >= 0.6 is 0 Å². The molecule has 2 aromatic heterocycles. The summed E-state index contributed by atoms with van der Waals surface area (Å²) >= 11 is 0. The number of carbonyl (C=O) groups is 3. The van der Waals surface area contributed by atoms with E-state index in [1.807, 2.05) is 0 Å². The molecule has 0 aliphatic carbocycles. The van der Waals surface area contributed by atoms with Gasteiger partial charge in [0, 0.05) is 23.2 Å². The number of aliphatic hydroxyl groups excluding tert-OH is 1. The maximum Gasteiger partial charge on any atom is 0.515 e. The molecule has 40 heavy (non-hydrogen) atoms. The van der Waals surface area contributed by atoms with Crippen LogP contribution in [0.2, 0.25) is 0 Å². The number of hydrogen-bond acceptors (Lipinski definition) is 8. The summed E-state index contributed by atoms with van der Waals surface area (Å²) in [4.78, 5) is 37.9. The number of halogens is 1. The lowest BCUT2D eigenvalue weighted by atomic mass is 9.92. The zero-order valence-electron chi connectivity index (χ0n) is 23.5. The van der Waals surface area contributed by atoms with Crippen molar-refractivity contribution in [2.75, 3.05) is 0 Å². The first kappa shape index (κ1) is 28.7. The minimum atomic E-state index is -1.49. The predicted octanol–water partition coefficient (Wildman–Crippen LogP) is 6.00. The number of nitrogens with zero attached hydrogens (tertiary/aromatic N) is 2. The van der Waals surface area contributed by atoms with E-state index in [2.05, 4.69) is 11.8 Å². The Balaban J connectivity index is 1.80. The van der Waals surface area contributed by atoms with E-state index >= 15 is 4.39 Å². The van der Waals surface area contributed by atoms with Crippen LogP contribution in [0.25, 0.3) is 10.9 Å². The number of ether oxygens (including phenoxy) is 4. The fraction of sp³-hybridized carbons (Fsp3) is 0.414. The molecule has 10 nitrogen and oxygen atoms in total. The van der Waals surface area contributed by atoms with Gasteiger partial charge in [-0.1, -0.05) is 11.8 Å². The zero-order chi connectivity index (χ0) is 29.8. The van der Waals surface area contributed by atoms with Crippen LogP contribution in [-0.2, 0) is 19.8 Å². The largest absolute Gasteiger partial charge is 0.515 e. The Kier molecular flexibility index (Phi) is 6.97. The van der Waals surface area contributed by atoms with Crippen LogP contribution in [0, 0.1) is 17.7 Å². The number of rotatable bonds is 2. The number of benzene rings is 1. The Morgan fingerprint density at radius 2 is 1.75 bits per heavy atom. The van der Waals surface area contributed by atoms with Crippen molar-refractivity contribution in [1.82, 2.24) is 9.13 Å². The Labute approximate surface area is 230 Å². The molecule has 212 valence electrons. The summed E-state index contributed by atoms with van der Waals surface area (Å²) in [7, 11) is 0. The molecule has 0 fully saturated rings. The van der Waals surface area contributed by atoms with Crippen molar-refractivity contribution in [2.24, 2.45) is 0 Å². The monoisotopic (exact) mass is 554 g/mol. The number of carbonyl (C=O) groups excluding carboxylic acids is 3. The molecule has 0 amide bonds. The van der Waals surface area contributed by atoms with Crippen molar-refractivity contribution in [3.8, 4) is 17.7 Å². The lowest BCUT2D eigenvalue weighted by Gasteiger charge is -2.31. The Hall–Kier alpha value is -4.30. The summed E-state index contributed by atoms with van der Waals surface area (Å²) < 4.78 is 39.0. The molecule has 11 heteroatoms. The third-order valence-corrected chi connectivity index (χ3v) is 5.74. The van der Waals surface area contributed by atoms with Gasteiger partial charge in [0.05, 0.1) is 16.8 Å². The van der Waals surface area contributed by atoms with Crippen LogP contribution in [0.1, 0.15) is 78.3 Å². The van der Waals surface area contributed by atoms with E-state index in [9.17, 15) is 19.5 Å². The van der Waals surface area contributed by atoms with Crippen LogP contribution in [0.4, 0.5) is 18.8 Å². The summed E-state index contributed by atoms with van der Waals surface area (Å²) in [5, 5.41) is 10.9. The first-order valence-corrected chi connectivity index (χ1v) is 12.5. The first-order valence-electron chi connectivity index (χ1n) is 12.5. The fourth-order valence-electron chi connectivity index (χ4n) is 4.17. The normalized spacial score (nSPS) is 15.1. The van der Waals surface area contributed by atoms with Gasteiger partial charge in [0.1, 0.15) is 22.6 Å². The Morgan fingerprint density at radius 3 is 2.38 bits per heavy atom. The second kappa shape index (κ2) is 9.71. The van der Waals surface area contributed by atoms with E-state index in [1.54, 1.807) is 55.4 Å². The van der Waals surface area contributed by atoms with Gasteiger partial charge in [0.25, 0.3) is 0 Å². The fourth-order valence-corrected chi connectivity index (χ4v) is 4.17. The Bertz CT molecular complexity index is 1590. The van der Waals surface area contributed by atoms with Gasteiger partial charge in [-0.15, -0.1) is 0 Å². The number of hydrogen-bond donors (Lipinski definition) is 1. The SMILES string of the molecule is CC(C)(C)OC(=O)Oc1cc2c(C#CC(O)c3cccn3C(=O)OC(C)(C)C)c(F)cc3c2n1C(=O)OC3(C)C. The van der Waals surface area contributed by atoms with Gasteiger partial charge in [0.2, 0.25) is 5.88 Å². The van der Waals surface area contributed by atoms with Crippen LogP contribution in [0.3, 0.4) is 0 Å². The number of aliphatic hydroxyl groups is 1. The van der Waals surface area contributed by atoms with Gasteiger partial charge in [-0.05, 0) is 73.6 Å². The van der Waals surface area contributed by atoms with Crippen molar-refractivity contribution in [3.63, 3.8) is 0 Å². The van der Waals surface area contributed by atoms with Crippen molar-refractivity contribution in [1.29, 1.82) is 0 Å². The molecule has 0 bridgehead atoms. The molecule has 1 aromatic carbocycles. The average Bonchev–Trinajstić information content (AvgIpc) is 3.39. The van der Waals surface area contributed by atoms with Gasteiger partial charge in [-0.25, -0.2) is 23.3 Å². The second-order valence-electron chi connectivity index (χ2n) is 11.8. The summed E-state index contributed by atoms with van der Waals surface area (Å²) in [6.45, 7) is 13.3. The smallest absolute Gasteiger partial charge is 0.443 e. The van der Waals surface area contributed by atoms with Crippen LogP contribution < -0.4 is 4.74 Å². The lowest BCUT2D eigenvalue weighted by molar-refractivity contribution is 0.0163.